The summed E-state index contributed by atoms with van der Waals surface area (Å²) in [5.74, 6) is 0.0412. The number of hydrogen-bond acceptors (Lipinski definition) is 3. The molecule has 0 N–H and O–H groups in total. The van der Waals surface area contributed by atoms with Crippen LogP contribution in [0.15, 0.2) is 0 Å². The summed E-state index contributed by atoms with van der Waals surface area (Å²) in [7, 11) is 1.87. The largest absolute Gasteiger partial charge is 0.301 e. The predicted octanol–water partition coefficient (Wildman–Crippen LogP) is 0.679. The van der Waals surface area contributed by atoms with Crippen LogP contribution in [0.5, 0.6) is 0 Å². The highest BCUT2D eigenvalue weighted by molar-refractivity contribution is 5.80. The van der Waals surface area contributed by atoms with Crippen molar-refractivity contribution in [3.8, 4) is 0 Å². The Morgan fingerprint density at radius 2 is 2.07 bits per heavy atom. The fourth-order valence-corrected chi connectivity index (χ4v) is 1.91. The molecule has 1 aliphatic rings. The lowest BCUT2D eigenvalue weighted by molar-refractivity contribution is -0.140. The van der Waals surface area contributed by atoms with E-state index in [0.717, 1.165) is 6.29 Å². The van der Waals surface area contributed by atoms with Crippen LogP contribution in [0.1, 0.15) is 27.2 Å². The van der Waals surface area contributed by atoms with Crippen molar-refractivity contribution in [3.63, 3.8) is 0 Å². The molecule has 80 valence electrons. The summed E-state index contributed by atoms with van der Waals surface area (Å²) in [4.78, 5) is 21.9. The standard InChI is InChI=1S/C10H18N2O2/c1-10(2,3)8-7-9(14)12(5-6-13)11(8)4/h6,8H,5,7H2,1-4H3. The third-order valence-corrected chi connectivity index (χ3v) is 2.73. The van der Waals surface area contributed by atoms with Crippen LogP contribution in [-0.2, 0) is 9.59 Å². The summed E-state index contributed by atoms with van der Waals surface area (Å²) < 4.78 is 0. The molecule has 1 saturated heterocycles. The average Bonchev–Trinajstić information content (AvgIpc) is 2.31. The number of amides is 1. The Bertz CT molecular complexity index is 245. The molecule has 0 bridgehead atoms. The van der Waals surface area contributed by atoms with E-state index < -0.39 is 0 Å². The molecule has 1 amide bonds. The van der Waals surface area contributed by atoms with E-state index in [9.17, 15) is 9.59 Å². The van der Waals surface area contributed by atoms with Crippen molar-refractivity contribution in [1.82, 2.24) is 10.0 Å². The predicted molar refractivity (Wildman–Crippen MR) is 53.4 cm³/mol. The van der Waals surface area contributed by atoms with Crippen molar-refractivity contribution < 1.29 is 9.59 Å². The first-order chi connectivity index (χ1) is 6.38. The van der Waals surface area contributed by atoms with E-state index in [0.29, 0.717) is 6.42 Å². The van der Waals surface area contributed by atoms with Gasteiger partial charge < -0.3 is 4.79 Å². The molecule has 0 aromatic carbocycles. The summed E-state index contributed by atoms with van der Waals surface area (Å²) in [6.45, 7) is 6.48. The lowest BCUT2D eigenvalue weighted by Crippen LogP contribution is -2.44. The van der Waals surface area contributed by atoms with Crippen molar-refractivity contribution in [3.05, 3.63) is 0 Å². The molecule has 0 saturated carbocycles. The van der Waals surface area contributed by atoms with Crippen LogP contribution >= 0.6 is 0 Å². The monoisotopic (exact) mass is 198 g/mol. The highest BCUT2D eigenvalue weighted by Crippen LogP contribution is 2.31. The van der Waals surface area contributed by atoms with E-state index in [1.54, 1.807) is 0 Å². The van der Waals surface area contributed by atoms with Gasteiger partial charge in [0.1, 0.15) is 6.29 Å². The van der Waals surface area contributed by atoms with Gasteiger partial charge in [0.05, 0.1) is 6.54 Å². The third kappa shape index (κ3) is 1.95. The molecule has 1 aliphatic heterocycles. The zero-order valence-corrected chi connectivity index (χ0v) is 9.28. The van der Waals surface area contributed by atoms with Gasteiger partial charge >= 0.3 is 0 Å². The van der Waals surface area contributed by atoms with E-state index in [1.807, 2.05) is 12.1 Å². The Balaban J connectivity index is 2.78. The molecular formula is C10H18N2O2. The summed E-state index contributed by atoms with van der Waals surface area (Å²) in [5.41, 5.74) is 0.0576. The van der Waals surface area contributed by atoms with Gasteiger partial charge in [0.15, 0.2) is 0 Å². The van der Waals surface area contributed by atoms with E-state index in [4.69, 9.17) is 0 Å². The third-order valence-electron chi connectivity index (χ3n) is 2.73. The quantitative estimate of drug-likeness (QED) is 0.613. The number of nitrogens with zero attached hydrogens (tertiary/aromatic N) is 2. The van der Waals surface area contributed by atoms with Crippen molar-refractivity contribution in [2.75, 3.05) is 13.6 Å². The first-order valence-electron chi connectivity index (χ1n) is 4.84. The lowest BCUT2D eigenvalue weighted by atomic mass is 9.85. The van der Waals surface area contributed by atoms with Crippen LogP contribution in [-0.4, -0.2) is 41.8 Å². The van der Waals surface area contributed by atoms with E-state index >= 15 is 0 Å². The van der Waals surface area contributed by atoms with Gasteiger partial charge in [-0.15, -0.1) is 0 Å². The molecule has 0 aliphatic carbocycles. The SMILES string of the molecule is CN1C(C(C)(C)C)CC(=O)N1CC=O. The smallest absolute Gasteiger partial charge is 0.238 e. The van der Waals surface area contributed by atoms with Gasteiger partial charge in [-0.05, 0) is 5.41 Å². The molecule has 0 spiro atoms. The fourth-order valence-electron chi connectivity index (χ4n) is 1.91. The van der Waals surface area contributed by atoms with E-state index in [1.165, 1.54) is 5.01 Å². The van der Waals surface area contributed by atoms with Crippen molar-refractivity contribution in [2.45, 2.75) is 33.2 Å². The fraction of sp³-hybridized carbons (Fsp3) is 0.800. The highest BCUT2D eigenvalue weighted by Gasteiger charge is 2.41. The summed E-state index contributed by atoms with van der Waals surface area (Å²) in [5, 5.41) is 3.40. The molecule has 4 nitrogen and oxygen atoms in total. The normalized spacial score (nSPS) is 24.4. The number of rotatable bonds is 2. The van der Waals surface area contributed by atoms with Gasteiger partial charge in [-0.3, -0.25) is 9.80 Å². The number of carbonyl (C=O) groups is 2. The van der Waals surface area contributed by atoms with Gasteiger partial charge in [0.2, 0.25) is 5.91 Å². The van der Waals surface area contributed by atoms with Crippen LogP contribution in [0.2, 0.25) is 0 Å². The molecule has 14 heavy (non-hydrogen) atoms. The van der Waals surface area contributed by atoms with Crippen molar-refractivity contribution >= 4 is 12.2 Å². The summed E-state index contributed by atoms with van der Waals surface area (Å²) >= 11 is 0. The van der Waals surface area contributed by atoms with Gasteiger partial charge in [0.25, 0.3) is 0 Å². The van der Waals surface area contributed by atoms with Crippen LogP contribution in [0.25, 0.3) is 0 Å². The highest BCUT2D eigenvalue weighted by atomic mass is 16.2. The Morgan fingerprint density at radius 3 is 2.43 bits per heavy atom. The first kappa shape index (κ1) is 11.2. The average molecular weight is 198 g/mol. The van der Waals surface area contributed by atoms with Gasteiger partial charge in [-0.25, -0.2) is 5.01 Å². The molecule has 0 radical (unpaired) electrons. The van der Waals surface area contributed by atoms with E-state index in [2.05, 4.69) is 20.8 Å². The Labute approximate surface area is 84.8 Å². The van der Waals surface area contributed by atoms with E-state index in [-0.39, 0.29) is 23.9 Å². The number of aldehydes is 1. The molecule has 1 heterocycles. The Kier molecular flexibility index (Phi) is 2.95. The summed E-state index contributed by atoms with van der Waals surface area (Å²) in [6.07, 6.45) is 1.27. The second kappa shape index (κ2) is 3.69. The van der Waals surface area contributed by atoms with Crippen LogP contribution in [0.3, 0.4) is 0 Å². The number of carbonyl (C=O) groups excluding carboxylic acids is 2. The first-order valence-corrected chi connectivity index (χ1v) is 4.84. The van der Waals surface area contributed by atoms with Crippen molar-refractivity contribution in [1.29, 1.82) is 0 Å². The molecule has 1 atom stereocenters. The number of hydrazine groups is 1. The topological polar surface area (TPSA) is 40.6 Å². The van der Waals surface area contributed by atoms with Crippen LogP contribution in [0, 0.1) is 5.41 Å². The van der Waals surface area contributed by atoms with Crippen molar-refractivity contribution in [2.24, 2.45) is 5.41 Å². The minimum Gasteiger partial charge on any atom is -0.301 e. The Hall–Kier alpha value is -0.900. The molecule has 0 aromatic heterocycles. The molecule has 1 unspecified atom stereocenters. The zero-order valence-electron chi connectivity index (χ0n) is 9.28. The zero-order chi connectivity index (χ0) is 10.9. The number of hydrogen-bond donors (Lipinski definition) is 0. The second-order valence-corrected chi connectivity index (χ2v) is 4.80. The van der Waals surface area contributed by atoms with Gasteiger partial charge in [-0.1, -0.05) is 20.8 Å². The molecule has 0 aromatic rings. The maximum absolute atomic E-state index is 11.6. The maximum atomic E-state index is 11.6. The van der Waals surface area contributed by atoms with Crippen LogP contribution < -0.4 is 0 Å². The Morgan fingerprint density at radius 1 is 1.50 bits per heavy atom. The second-order valence-electron chi connectivity index (χ2n) is 4.80. The minimum atomic E-state index is 0.0412. The molecule has 1 fully saturated rings. The molecule has 1 rings (SSSR count). The van der Waals surface area contributed by atoms with Crippen LogP contribution in [0.4, 0.5) is 0 Å². The van der Waals surface area contributed by atoms with Gasteiger partial charge in [0, 0.05) is 19.5 Å². The van der Waals surface area contributed by atoms with Gasteiger partial charge in [-0.2, -0.15) is 0 Å². The molecular weight excluding hydrogens is 180 g/mol. The minimum absolute atomic E-state index is 0.0412. The lowest BCUT2D eigenvalue weighted by Gasteiger charge is -2.34. The summed E-state index contributed by atoms with van der Waals surface area (Å²) in [6, 6.07) is 0.190. The maximum Gasteiger partial charge on any atom is 0.238 e. The molecule has 4 heteroatoms.